The molecule has 3 atom stereocenters. The fraction of sp³-hybridized carbons (Fsp3) is 0.182. The van der Waals surface area contributed by atoms with Gasteiger partial charge in [0.15, 0.2) is 5.78 Å². The van der Waals surface area contributed by atoms with E-state index in [1.807, 2.05) is 121 Å². The van der Waals surface area contributed by atoms with Crippen molar-refractivity contribution in [3.63, 3.8) is 0 Å². The molecule has 0 fully saturated rings. The van der Waals surface area contributed by atoms with Crippen molar-refractivity contribution in [2.75, 3.05) is 11.9 Å². The summed E-state index contributed by atoms with van der Waals surface area (Å²) < 4.78 is 6.00. The predicted octanol–water partition coefficient (Wildman–Crippen LogP) is 4.74. The Morgan fingerprint density at radius 2 is 1.52 bits per heavy atom. The minimum absolute atomic E-state index is 0.0568. The summed E-state index contributed by atoms with van der Waals surface area (Å²) in [5.41, 5.74) is 10.7. The third-order valence-electron chi connectivity index (χ3n) is 7.02. The van der Waals surface area contributed by atoms with Crippen molar-refractivity contribution in [2.24, 2.45) is 10.7 Å². The number of hydrogen-bond donors (Lipinski definition) is 2. The van der Waals surface area contributed by atoms with E-state index < -0.39 is 18.2 Å². The number of fused-ring (bicyclic) bond motifs is 1. The highest BCUT2D eigenvalue weighted by Crippen LogP contribution is 2.29. The summed E-state index contributed by atoms with van der Waals surface area (Å²) >= 11 is 0. The van der Waals surface area contributed by atoms with Crippen molar-refractivity contribution < 1.29 is 14.3 Å². The smallest absolute Gasteiger partial charge is 0.225 e. The standard InChI is InChI=1S/C33H32N4O3/c1-22(35-29(38)21-24-15-9-12-20-28(24)40-25-16-7-4-8-17-25)32(39)31-33(34)37(2)27-19-11-10-18-26(27)30(36-31)23-13-5-3-6-14-23/h3-20,22,31,33H,21,34H2,1-2H3,(H,35,38)/t22?,31?,33-/m0/s1. The first-order valence-corrected chi connectivity index (χ1v) is 13.3. The Morgan fingerprint density at radius 1 is 0.900 bits per heavy atom. The molecular formula is C33H32N4O3. The van der Waals surface area contributed by atoms with Gasteiger partial charge in [-0.05, 0) is 31.2 Å². The number of likely N-dealkylation sites (N-methyl/N-ethyl adjacent to an activating group) is 1. The number of rotatable bonds is 8. The number of nitrogens with two attached hydrogens (primary N) is 1. The van der Waals surface area contributed by atoms with Gasteiger partial charge in [-0.2, -0.15) is 0 Å². The van der Waals surface area contributed by atoms with Crippen LogP contribution in [0.5, 0.6) is 11.5 Å². The molecule has 4 aromatic carbocycles. The maximum absolute atomic E-state index is 13.8. The Bertz CT molecular complexity index is 1520. The number of ketones is 1. The number of ether oxygens (including phenoxy) is 1. The lowest BCUT2D eigenvalue weighted by Gasteiger charge is -2.30. The molecule has 0 aromatic heterocycles. The number of Topliss-reactive ketones (excluding diaryl/α,β-unsaturated/α-hetero) is 1. The molecule has 202 valence electrons. The van der Waals surface area contributed by atoms with Crippen molar-refractivity contribution in [2.45, 2.75) is 31.6 Å². The molecule has 7 nitrogen and oxygen atoms in total. The van der Waals surface area contributed by atoms with E-state index in [0.717, 1.165) is 16.8 Å². The number of benzodiazepines with no additional fused rings is 1. The van der Waals surface area contributed by atoms with E-state index in [4.69, 9.17) is 15.5 Å². The number of anilines is 1. The van der Waals surface area contributed by atoms with Crippen LogP contribution in [0.25, 0.3) is 0 Å². The molecule has 4 aromatic rings. The Balaban J connectivity index is 1.36. The normalized spacial score (nSPS) is 17.2. The van der Waals surface area contributed by atoms with Gasteiger partial charge >= 0.3 is 0 Å². The van der Waals surface area contributed by atoms with Gasteiger partial charge in [0.05, 0.1) is 18.2 Å². The maximum Gasteiger partial charge on any atom is 0.225 e. The molecule has 0 bridgehead atoms. The largest absolute Gasteiger partial charge is 0.457 e. The lowest BCUT2D eigenvalue weighted by Crippen LogP contribution is -2.55. The Labute approximate surface area is 234 Å². The minimum Gasteiger partial charge on any atom is -0.457 e. The summed E-state index contributed by atoms with van der Waals surface area (Å²) in [4.78, 5) is 33.7. The molecule has 0 aliphatic carbocycles. The lowest BCUT2D eigenvalue weighted by molar-refractivity contribution is -0.128. The average molecular weight is 533 g/mol. The van der Waals surface area contributed by atoms with Gasteiger partial charge in [-0.15, -0.1) is 0 Å². The third kappa shape index (κ3) is 5.80. The second kappa shape index (κ2) is 12.0. The van der Waals surface area contributed by atoms with Crippen LogP contribution in [0.15, 0.2) is 114 Å². The number of benzene rings is 4. The number of para-hydroxylation sites is 3. The first-order chi connectivity index (χ1) is 19.4. The molecule has 0 radical (unpaired) electrons. The first kappa shape index (κ1) is 26.8. The van der Waals surface area contributed by atoms with E-state index >= 15 is 0 Å². The zero-order valence-electron chi connectivity index (χ0n) is 22.5. The zero-order chi connectivity index (χ0) is 28.1. The van der Waals surface area contributed by atoms with Crippen LogP contribution in [-0.2, 0) is 16.0 Å². The van der Waals surface area contributed by atoms with Crippen LogP contribution in [0.3, 0.4) is 0 Å². The zero-order valence-corrected chi connectivity index (χ0v) is 22.5. The maximum atomic E-state index is 13.8. The Kier molecular flexibility index (Phi) is 8.03. The van der Waals surface area contributed by atoms with E-state index in [1.165, 1.54) is 0 Å². The SMILES string of the molecule is CC(NC(=O)Cc1ccccc1Oc1ccccc1)C(=O)C1N=C(c2ccccc2)c2ccccc2N(C)[C@@H]1N. The second-order valence-electron chi connectivity index (χ2n) is 9.80. The molecule has 1 amide bonds. The van der Waals surface area contributed by atoms with E-state index in [-0.39, 0.29) is 18.1 Å². The lowest BCUT2D eigenvalue weighted by atomic mass is 10.00. The number of carbonyl (C=O) groups is 2. The van der Waals surface area contributed by atoms with Gasteiger partial charge in [-0.3, -0.25) is 14.6 Å². The highest BCUT2D eigenvalue weighted by atomic mass is 16.5. The van der Waals surface area contributed by atoms with Gasteiger partial charge in [-0.25, -0.2) is 0 Å². The van der Waals surface area contributed by atoms with Gasteiger partial charge in [0, 0.05) is 29.4 Å². The number of aliphatic imine (C=N–C) groups is 1. The molecule has 3 N–H and O–H groups in total. The summed E-state index contributed by atoms with van der Waals surface area (Å²) in [6, 6.07) is 32.7. The van der Waals surface area contributed by atoms with Crippen LogP contribution in [0, 0.1) is 0 Å². The predicted molar refractivity (Wildman–Crippen MR) is 158 cm³/mol. The van der Waals surface area contributed by atoms with Gasteiger partial charge in [0.25, 0.3) is 0 Å². The topological polar surface area (TPSA) is 97.0 Å². The summed E-state index contributed by atoms with van der Waals surface area (Å²) in [6.07, 6.45) is -0.657. The fourth-order valence-electron chi connectivity index (χ4n) is 4.85. The summed E-state index contributed by atoms with van der Waals surface area (Å²) in [6.45, 7) is 1.68. The molecule has 0 spiro atoms. The molecular weight excluding hydrogens is 500 g/mol. The van der Waals surface area contributed by atoms with E-state index in [1.54, 1.807) is 6.92 Å². The van der Waals surface area contributed by atoms with Crippen LogP contribution >= 0.6 is 0 Å². The number of hydrogen-bond acceptors (Lipinski definition) is 6. The fourth-order valence-corrected chi connectivity index (χ4v) is 4.85. The van der Waals surface area contributed by atoms with Crippen molar-refractivity contribution in [1.82, 2.24) is 5.32 Å². The van der Waals surface area contributed by atoms with Crippen LogP contribution in [0.2, 0.25) is 0 Å². The first-order valence-electron chi connectivity index (χ1n) is 13.3. The van der Waals surface area contributed by atoms with E-state index in [9.17, 15) is 9.59 Å². The van der Waals surface area contributed by atoms with Gasteiger partial charge in [0.2, 0.25) is 5.91 Å². The Hall–Kier alpha value is -4.75. The van der Waals surface area contributed by atoms with Gasteiger partial charge < -0.3 is 20.7 Å². The third-order valence-corrected chi connectivity index (χ3v) is 7.02. The van der Waals surface area contributed by atoms with Crippen molar-refractivity contribution in [1.29, 1.82) is 0 Å². The number of nitrogens with one attached hydrogen (secondary N) is 1. The molecule has 5 rings (SSSR count). The summed E-state index contributed by atoms with van der Waals surface area (Å²) in [7, 11) is 1.86. The molecule has 40 heavy (non-hydrogen) atoms. The van der Waals surface area contributed by atoms with Crippen molar-refractivity contribution in [3.8, 4) is 11.5 Å². The molecule has 1 aliphatic rings. The monoisotopic (exact) mass is 532 g/mol. The quantitative estimate of drug-likeness (QED) is 0.342. The number of amides is 1. The van der Waals surface area contributed by atoms with E-state index in [0.29, 0.717) is 22.8 Å². The van der Waals surface area contributed by atoms with Crippen molar-refractivity contribution >= 4 is 23.1 Å². The summed E-state index contributed by atoms with van der Waals surface area (Å²) in [5, 5.41) is 2.86. The van der Waals surface area contributed by atoms with Crippen LogP contribution in [0.4, 0.5) is 5.69 Å². The van der Waals surface area contributed by atoms with E-state index in [2.05, 4.69) is 5.32 Å². The van der Waals surface area contributed by atoms with Gasteiger partial charge in [0.1, 0.15) is 23.7 Å². The van der Waals surface area contributed by atoms with Gasteiger partial charge in [-0.1, -0.05) is 84.9 Å². The highest BCUT2D eigenvalue weighted by molar-refractivity contribution is 6.17. The Morgan fingerprint density at radius 3 is 2.27 bits per heavy atom. The highest BCUT2D eigenvalue weighted by Gasteiger charge is 2.36. The van der Waals surface area contributed by atoms with Crippen LogP contribution < -0.4 is 20.7 Å². The number of nitrogens with zero attached hydrogens (tertiary/aromatic N) is 2. The summed E-state index contributed by atoms with van der Waals surface area (Å²) in [5.74, 6) is 0.711. The molecule has 2 unspecified atom stereocenters. The van der Waals surface area contributed by atoms with Crippen LogP contribution in [-0.4, -0.2) is 42.7 Å². The molecule has 7 heteroatoms. The van der Waals surface area contributed by atoms with Crippen LogP contribution in [0.1, 0.15) is 23.6 Å². The molecule has 0 saturated carbocycles. The van der Waals surface area contributed by atoms with Crippen molar-refractivity contribution in [3.05, 3.63) is 126 Å². The number of carbonyl (C=O) groups excluding carboxylic acids is 2. The average Bonchev–Trinajstić information content (AvgIpc) is 3.09. The minimum atomic E-state index is -0.892. The molecule has 1 heterocycles. The second-order valence-corrected chi connectivity index (χ2v) is 9.80. The molecule has 0 saturated heterocycles. The molecule has 1 aliphatic heterocycles.